The molecule has 116 valence electrons. The highest BCUT2D eigenvalue weighted by Crippen LogP contribution is 2.18. The van der Waals surface area contributed by atoms with E-state index < -0.39 is 0 Å². The summed E-state index contributed by atoms with van der Waals surface area (Å²) in [6.07, 6.45) is 0.540. The molecule has 1 fully saturated rings. The molecule has 21 heavy (non-hydrogen) atoms. The number of carbonyl (C=O) groups is 1. The Hall–Kier alpha value is -1.04. The SMILES string of the molecule is C[C@@H](C(=O)N[C@@H](CCO)c1ccccc1)N1CCSCC1. The van der Waals surface area contributed by atoms with Crippen LogP contribution in [0.15, 0.2) is 30.3 Å². The normalized spacial score (nSPS) is 19.0. The zero-order chi connectivity index (χ0) is 15.1. The lowest BCUT2D eigenvalue weighted by Crippen LogP contribution is -2.49. The molecule has 2 rings (SSSR count). The number of thioether (sulfide) groups is 1. The van der Waals surface area contributed by atoms with Crippen LogP contribution in [0.4, 0.5) is 0 Å². The van der Waals surface area contributed by atoms with Crippen molar-refractivity contribution in [2.45, 2.75) is 25.4 Å². The maximum Gasteiger partial charge on any atom is 0.237 e. The third-order valence-corrected chi connectivity index (χ3v) is 4.85. The summed E-state index contributed by atoms with van der Waals surface area (Å²) in [6, 6.07) is 9.61. The van der Waals surface area contributed by atoms with E-state index in [1.54, 1.807) is 0 Å². The molecular formula is C16H24N2O2S. The molecule has 1 amide bonds. The second kappa shape index (κ2) is 8.41. The number of benzene rings is 1. The van der Waals surface area contributed by atoms with Gasteiger partial charge in [0.25, 0.3) is 0 Å². The maximum atomic E-state index is 12.5. The quantitative estimate of drug-likeness (QED) is 0.839. The van der Waals surface area contributed by atoms with Gasteiger partial charge in [0.2, 0.25) is 5.91 Å². The fourth-order valence-electron chi connectivity index (χ4n) is 2.56. The monoisotopic (exact) mass is 308 g/mol. The minimum Gasteiger partial charge on any atom is -0.396 e. The predicted molar refractivity (Wildman–Crippen MR) is 87.4 cm³/mol. The topological polar surface area (TPSA) is 52.6 Å². The summed E-state index contributed by atoms with van der Waals surface area (Å²) in [5.41, 5.74) is 1.04. The van der Waals surface area contributed by atoms with Gasteiger partial charge in [-0.15, -0.1) is 0 Å². The molecule has 0 bridgehead atoms. The lowest BCUT2D eigenvalue weighted by molar-refractivity contribution is -0.126. The molecule has 1 aromatic rings. The first-order valence-electron chi connectivity index (χ1n) is 7.50. The first kappa shape index (κ1) is 16.3. The molecule has 2 atom stereocenters. The Kier molecular flexibility index (Phi) is 6.54. The number of rotatable bonds is 6. The number of amides is 1. The average Bonchev–Trinajstić information content (AvgIpc) is 2.55. The van der Waals surface area contributed by atoms with Crippen molar-refractivity contribution >= 4 is 17.7 Å². The average molecular weight is 308 g/mol. The van der Waals surface area contributed by atoms with Crippen molar-refractivity contribution in [3.8, 4) is 0 Å². The van der Waals surface area contributed by atoms with Gasteiger partial charge in [-0.05, 0) is 18.9 Å². The van der Waals surface area contributed by atoms with E-state index in [9.17, 15) is 9.90 Å². The first-order valence-corrected chi connectivity index (χ1v) is 8.66. The van der Waals surface area contributed by atoms with Crippen LogP contribution >= 0.6 is 11.8 Å². The summed E-state index contributed by atoms with van der Waals surface area (Å²) < 4.78 is 0. The van der Waals surface area contributed by atoms with E-state index >= 15 is 0 Å². The lowest BCUT2D eigenvalue weighted by Gasteiger charge is -2.32. The number of aliphatic hydroxyl groups is 1. The molecule has 1 aliphatic rings. The molecule has 0 aliphatic carbocycles. The van der Waals surface area contributed by atoms with Crippen LogP contribution in [0, 0.1) is 0 Å². The largest absolute Gasteiger partial charge is 0.396 e. The number of nitrogens with one attached hydrogen (secondary N) is 1. The van der Waals surface area contributed by atoms with Gasteiger partial charge in [0, 0.05) is 31.2 Å². The highest BCUT2D eigenvalue weighted by atomic mass is 32.2. The number of nitrogens with zero attached hydrogens (tertiary/aromatic N) is 1. The van der Waals surface area contributed by atoms with Gasteiger partial charge in [-0.3, -0.25) is 9.69 Å². The van der Waals surface area contributed by atoms with Gasteiger partial charge in [-0.25, -0.2) is 0 Å². The second-order valence-electron chi connectivity index (χ2n) is 5.31. The molecule has 1 saturated heterocycles. The van der Waals surface area contributed by atoms with E-state index in [-0.39, 0.29) is 24.6 Å². The van der Waals surface area contributed by atoms with Crippen LogP contribution in [0.5, 0.6) is 0 Å². The highest BCUT2D eigenvalue weighted by Gasteiger charge is 2.25. The first-order chi connectivity index (χ1) is 10.2. The number of aliphatic hydroxyl groups excluding tert-OH is 1. The Bertz CT molecular complexity index is 435. The summed E-state index contributed by atoms with van der Waals surface area (Å²) in [5.74, 6) is 2.23. The van der Waals surface area contributed by atoms with Crippen molar-refractivity contribution in [2.24, 2.45) is 0 Å². The van der Waals surface area contributed by atoms with Crippen LogP contribution in [-0.2, 0) is 4.79 Å². The van der Waals surface area contributed by atoms with E-state index in [1.807, 2.05) is 49.0 Å². The standard InChI is InChI=1S/C16H24N2O2S/c1-13(18-8-11-21-12-9-18)16(20)17-15(7-10-19)14-5-3-2-4-6-14/h2-6,13,15,19H,7-12H2,1H3,(H,17,20)/t13-,15-/m0/s1. The molecule has 1 heterocycles. The van der Waals surface area contributed by atoms with Crippen LogP contribution in [-0.4, -0.2) is 53.2 Å². The van der Waals surface area contributed by atoms with Gasteiger partial charge in [0.1, 0.15) is 0 Å². The van der Waals surface area contributed by atoms with Crippen LogP contribution in [0.3, 0.4) is 0 Å². The Morgan fingerprint density at radius 3 is 2.62 bits per heavy atom. The van der Waals surface area contributed by atoms with Crippen molar-refractivity contribution < 1.29 is 9.90 Å². The Morgan fingerprint density at radius 1 is 1.33 bits per heavy atom. The predicted octanol–water partition coefficient (Wildman–Crippen LogP) is 1.66. The summed E-state index contributed by atoms with van der Waals surface area (Å²) in [4.78, 5) is 14.7. The summed E-state index contributed by atoms with van der Waals surface area (Å²) in [5, 5.41) is 12.3. The molecule has 0 aromatic heterocycles. The Morgan fingerprint density at radius 2 is 2.00 bits per heavy atom. The highest BCUT2D eigenvalue weighted by molar-refractivity contribution is 7.99. The molecule has 0 radical (unpaired) electrons. The summed E-state index contributed by atoms with van der Waals surface area (Å²) in [6.45, 7) is 3.96. The van der Waals surface area contributed by atoms with E-state index in [4.69, 9.17) is 0 Å². The summed E-state index contributed by atoms with van der Waals surface area (Å²) in [7, 11) is 0. The molecule has 2 N–H and O–H groups in total. The van der Waals surface area contributed by atoms with E-state index in [1.165, 1.54) is 0 Å². The fraction of sp³-hybridized carbons (Fsp3) is 0.562. The van der Waals surface area contributed by atoms with Crippen molar-refractivity contribution in [3.05, 3.63) is 35.9 Å². The minimum atomic E-state index is -0.120. The third kappa shape index (κ3) is 4.73. The Labute approximate surface area is 130 Å². The fourth-order valence-corrected chi connectivity index (χ4v) is 3.49. The van der Waals surface area contributed by atoms with Crippen molar-refractivity contribution in [2.75, 3.05) is 31.2 Å². The van der Waals surface area contributed by atoms with Crippen LogP contribution < -0.4 is 5.32 Å². The third-order valence-electron chi connectivity index (χ3n) is 3.91. The van der Waals surface area contributed by atoms with Gasteiger partial charge < -0.3 is 10.4 Å². The van der Waals surface area contributed by atoms with Crippen LogP contribution in [0.2, 0.25) is 0 Å². The minimum absolute atomic E-state index is 0.0456. The van der Waals surface area contributed by atoms with Gasteiger partial charge in [-0.1, -0.05) is 30.3 Å². The van der Waals surface area contributed by atoms with E-state index in [2.05, 4.69) is 10.2 Å². The zero-order valence-corrected chi connectivity index (χ0v) is 13.3. The molecule has 0 saturated carbocycles. The summed E-state index contributed by atoms with van der Waals surface area (Å²) >= 11 is 1.94. The second-order valence-corrected chi connectivity index (χ2v) is 6.53. The van der Waals surface area contributed by atoms with E-state index in [0.717, 1.165) is 30.2 Å². The maximum absolute atomic E-state index is 12.5. The molecule has 0 spiro atoms. The van der Waals surface area contributed by atoms with Gasteiger partial charge >= 0.3 is 0 Å². The van der Waals surface area contributed by atoms with Gasteiger partial charge in [0.05, 0.1) is 12.1 Å². The molecule has 1 aliphatic heterocycles. The number of carbonyl (C=O) groups excluding carboxylic acids is 1. The molecular weight excluding hydrogens is 284 g/mol. The van der Waals surface area contributed by atoms with Crippen molar-refractivity contribution in [1.82, 2.24) is 10.2 Å². The smallest absolute Gasteiger partial charge is 0.237 e. The van der Waals surface area contributed by atoms with Crippen molar-refractivity contribution in [3.63, 3.8) is 0 Å². The van der Waals surface area contributed by atoms with Gasteiger partial charge in [0.15, 0.2) is 0 Å². The van der Waals surface area contributed by atoms with Crippen molar-refractivity contribution in [1.29, 1.82) is 0 Å². The molecule has 1 aromatic carbocycles. The number of hydrogen-bond acceptors (Lipinski definition) is 4. The van der Waals surface area contributed by atoms with Gasteiger partial charge in [-0.2, -0.15) is 11.8 Å². The molecule has 0 unspecified atom stereocenters. The van der Waals surface area contributed by atoms with E-state index in [0.29, 0.717) is 6.42 Å². The molecule has 4 nitrogen and oxygen atoms in total. The lowest BCUT2D eigenvalue weighted by atomic mass is 10.0. The van der Waals surface area contributed by atoms with Crippen LogP contribution in [0.25, 0.3) is 0 Å². The number of hydrogen-bond donors (Lipinski definition) is 2. The van der Waals surface area contributed by atoms with Crippen LogP contribution in [0.1, 0.15) is 24.9 Å². The molecule has 5 heteroatoms. The zero-order valence-electron chi connectivity index (χ0n) is 12.5. The Balaban J connectivity index is 1.97.